The molecule has 2 aliphatic rings. The van der Waals surface area contributed by atoms with Gasteiger partial charge in [0.15, 0.2) is 22.1 Å². The quantitative estimate of drug-likeness (QED) is 0.186. The molecule has 11 heteroatoms. The van der Waals surface area contributed by atoms with Crippen LogP contribution in [0, 0.1) is 0 Å². The predicted molar refractivity (Wildman–Crippen MR) is 144 cm³/mol. The molecule has 10 nitrogen and oxygen atoms in total. The average Bonchev–Trinajstić information content (AvgIpc) is 3.50. The van der Waals surface area contributed by atoms with Crippen LogP contribution >= 0.6 is 11.8 Å². The second kappa shape index (κ2) is 10.5. The molecule has 2 aromatic carbocycles. The van der Waals surface area contributed by atoms with E-state index in [9.17, 15) is 15.3 Å². The van der Waals surface area contributed by atoms with Gasteiger partial charge in [0.1, 0.15) is 23.7 Å². The van der Waals surface area contributed by atoms with Crippen molar-refractivity contribution in [1.29, 1.82) is 0 Å². The number of hydrogen-bond acceptors (Lipinski definition) is 10. The molecule has 2 fully saturated rings. The summed E-state index contributed by atoms with van der Waals surface area (Å²) < 4.78 is 7.53. The normalized spacial score (nSPS) is 26.5. The fraction of sp³-hybridized carbons (Fsp3) is 0.407. The van der Waals surface area contributed by atoms with Gasteiger partial charge in [-0.15, -0.1) is 5.10 Å². The van der Waals surface area contributed by atoms with E-state index in [1.807, 2.05) is 42.5 Å². The van der Waals surface area contributed by atoms with Gasteiger partial charge in [-0.25, -0.2) is 14.6 Å². The van der Waals surface area contributed by atoms with Crippen molar-refractivity contribution in [2.45, 2.75) is 67.7 Å². The summed E-state index contributed by atoms with van der Waals surface area (Å²) in [5.74, 6) is 3.34. The van der Waals surface area contributed by atoms with Gasteiger partial charge < -0.3 is 25.4 Å². The molecule has 0 amide bonds. The minimum atomic E-state index is -1.23. The summed E-state index contributed by atoms with van der Waals surface area (Å²) in [5.41, 5.74) is 2.16. The van der Waals surface area contributed by atoms with Crippen molar-refractivity contribution in [3.63, 3.8) is 0 Å². The molecule has 0 radical (unpaired) electrons. The molecule has 2 unspecified atom stereocenters. The maximum absolute atomic E-state index is 10.5. The van der Waals surface area contributed by atoms with Crippen LogP contribution < -0.4 is 10.1 Å². The highest BCUT2D eigenvalue weighted by Crippen LogP contribution is 2.44. The van der Waals surface area contributed by atoms with Crippen molar-refractivity contribution in [3.8, 4) is 11.5 Å². The molecule has 2 saturated carbocycles. The fourth-order valence-electron chi connectivity index (χ4n) is 4.95. The second-order valence-corrected chi connectivity index (χ2v) is 10.9. The highest BCUT2D eigenvalue weighted by Gasteiger charge is 2.44. The second-order valence-electron chi connectivity index (χ2n) is 9.84. The Labute approximate surface area is 224 Å². The van der Waals surface area contributed by atoms with Gasteiger partial charge >= 0.3 is 0 Å². The van der Waals surface area contributed by atoms with Crippen LogP contribution in [-0.2, 0) is 0 Å². The van der Waals surface area contributed by atoms with Crippen LogP contribution in [0.25, 0.3) is 11.2 Å². The molecule has 6 rings (SSSR count). The molecule has 2 aromatic heterocycles. The van der Waals surface area contributed by atoms with Crippen molar-refractivity contribution in [2.75, 3.05) is 11.1 Å². The molecule has 38 heavy (non-hydrogen) atoms. The first-order chi connectivity index (χ1) is 18.5. The molecule has 0 saturated heterocycles. The number of anilines is 1. The van der Waals surface area contributed by atoms with Crippen molar-refractivity contribution < 1.29 is 20.1 Å². The highest BCUT2D eigenvalue weighted by atomic mass is 32.2. The molecular weight excluding hydrogens is 504 g/mol. The zero-order valence-corrected chi connectivity index (χ0v) is 21.7. The Balaban J connectivity index is 1.24. The Morgan fingerprint density at radius 3 is 2.58 bits per heavy atom. The smallest absolute Gasteiger partial charge is 0.191 e. The van der Waals surface area contributed by atoms with E-state index >= 15 is 0 Å². The van der Waals surface area contributed by atoms with E-state index in [1.54, 1.807) is 11.8 Å². The number of thioether (sulfide) groups is 1. The van der Waals surface area contributed by atoms with Gasteiger partial charge in [0.25, 0.3) is 0 Å². The summed E-state index contributed by atoms with van der Waals surface area (Å²) in [5, 5.41) is 43.4. The van der Waals surface area contributed by atoms with Crippen LogP contribution in [0.5, 0.6) is 11.5 Å². The SMILES string of the molecule is CCCSc1nc(NC2CC2c2cccc(Oc3ccccc3)c2)c2nnn([C@@H]3C[C@H](O)[C@@H](O)[C@H]3O)c2n1. The summed E-state index contributed by atoms with van der Waals surface area (Å²) in [6, 6.07) is 17.4. The Bertz CT molecular complexity index is 1420. The molecule has 2 heterocycles. The van der Waals surface area contributed by atoms with Crippen LogP contribution in [0.1, 0.15) is 43.7 Å². The first-order valence-corrected chi connectivity index (χ1v) is 13.9. The van der Waals surface area contributed by atoms with Crippen LogP contribution in [0.15, 0.2) is 59.8 Å². The molecule has 4 aromatic rings. The standard InChI is InChI=1S/C27H30N6O4S/c1-2-11-38-27-29-25(22-26(30-27)33(32-31-22)20-14-21(34)24(36)23(20)35)28-19-13-18(19)15-7-6-10-17(12-15)37-16-8-4-3-5-9-16/h3-10,12,18-21,23-24,34-36H,2,11,13-14H2,1H3,(H,28,29,30)/t18?,19?,20-,21+,23+,24-/m1/s1. The van der Waals surface area contributed by atoms with E-state index in [0.717, 1.165) is 30.1 Å². The molecule has 198 valence electrons. The fourth-order valence-corrected chi connectivity index (χ4v) is 5.64. The van der Waals surface area contributed by atoms with E-state index < -0.39 is 24.4 Å². The average molecular weight is 535 g/mol. The first-order valence-electron chi connectivity index (χ1n) is 12.9. The minimum Gasteiger partial charge on any atom is -0.457 e. The summed E-state index contributed by atoms with van der Waals surface area (Å²) in [6.07, 6.45) is -1.36. The molecule has 6 atom stereocenters. The van der Waals surface area contributed by atoms with Crippen LogP contribution in [0.4, 0.5) is 5.82 Å². The summed E-state index contributed by atoms with van der Waals surface area (Å²) in [4.78, 5) is 9.43. The zero-order chi connectivity index (χ0) is 26.2. The van der Waals surface area contributed by atoms with E-state index in [2.05, 4.69) is 39.7 Å². The van der Waals surface area contributed by atoms with Crippen molar-refractivity contribution in [3.05, 3.63) is 60.2 Å². The minimum absolute atomic E-state index is 0.162. The number of rotatable bonds is 9. The third-order valence-electron chi connectivity index (χ3n) is 7.05. The largest absolute Gasteiger partial charge is 0.457 e. The zero-order valence-electron chi connectivity index (χ0n) is 20.9. The van der Waals surface area contributed by atoms with Gasteiger partial charge in [0, 0.05) is 24.1 Å². The highest BCUT2D eigenvalue weighted by molar-refractivity contribution is 7.99. The number of ether oxygens (including phenoxy) is 1. The number of aromatic nitrogens is 5. The molecular formula is C27H30N6O4S. The van der Waals surface area contributed by atoms with E-state index in [-0.39, 0.29) is 12.5 Å². The van der Waals surface area contributed by atoms with E-state index in [0.29, 0.717) is 28.1 Å². The number of aliphatic hydroxyl groups excluding tert-OH is 3. The van der Waals surface area contributed by atoms with E-state index in [1.165, 1.54) is 10.2 Å². The molecule has 0 spiro atoms. The van der Waals surface area contributed by atoms with Gasteiger partial charge in [-0.3, -0.25) is 0 Å². The number of benzene rings is 2. The maximum atomic E-state index is 10.5. The molecule has 0 bridgehead atoms. The Morgan fingerprint density at radius 2 is 1.82 bits per heavy atom. The lowest BCUT2D eigenvalue weighted by atomic mass is 10.1. The Morgan fingerprint density at radius 1 is 1.00 bits per heavy atom. The van der Waals surface area contributed by atoms with Crippen LogP contribution in [0.2, 0.25) is 0 Å². The molecule has 4 N–H and O–H groups in total. The number of aliphatic hydroxyl groups is 3. The van der Waals surface area contributed by atoms with Gasteiger partial charge in [-0.1, -0.05) is 54.2 Å². The van der Waals surface area contributed by atoms with Crippen molar-refractivity contribution >= 4 is 28.7 Å². The lowest BCUT2D eigenvalue weighted by Gasteiger charge is -2.16. The van der Waals surface area contributed by atoms with Crippen molar-refractivity contribution in [1.82, 2.24) is 25.0 Å². The van der Waals surface area contributed by atoms with Gasteiger partial charge in [0.05, 0.1) is 12.1 Å². The van der Waals surface area contributed by atoms with E-state index in [4.69, 9.17) is 9.72 Å². The molecule has 0 aliphatic heterocycles. The molecule has 2 aliphatic carbocycles. The monoisotopic (exact) mass is 534 g/mol. The third kappa shape index (κ3) is 4.94. The predicted octanol–water partition coefficient (Wildman–Crippen LogP) is 3.51. The number of nitrogens with zero attached hydrogens (tertiary/aromatic N) is 5. The van der Waals surface area contributed by atoms with Crippen LogP contribution in [0.3, 0.4) is 0 Å². The van der Waals surface area contributed by atoms with Gasteiger partial charge in [-0.05, 0) is 42.7 Å². The van der Waals surface area contributed by atoms with Crippen LogP contribution in [-0.4, -0.2) is 70.4 Å². The number of para-hydroxylation sites is 1. The lowest BCUT2D eigenvalue weighted by Crippen LogP contribution is -2.31. The summed E-state index contributed by atoms with van der Waals surface area (Å²) >= 11 is 1.54. The summed E-state index contributed by atoms with van der Waals surface area (Å²) in [6.45, 7) is 2.10. The topological polar surface area (TPSA) is 138 Å². The summed E-state index contributed by atoms with van der Waals surface area (Å²) in [7, 11) is 0. The Kier molecular flexibility index (Phi) is 6.91. The van der Waals surface area contributed by atoms with Crippen molar-refractivity contribution in [2.24, 2.45) is 0 Å². The lowest BCUT2D eigenvalue weighted by molar-refractivity contribution is -0.0253. The number of hydrogen-bond donors (Lipinski definition) is 4. The van der Waals surface area contributed by atoms with Gasteiger partial charge in [-0.2, -0.15) is 0 Å². The first kappa shape index (κ1) is 25.1. The maximum Gasteiger partial charge on any atom is 0.191 e. The number of nitrogens with one attached hydrogen (secondary N) is 1. The number of fused-ring (bicyclic) bond motifs is 1. The van der Waals surface area contributed by atoms with Gasteiger partial charge in [0.2, 0.25) is 0 Å². The Hall–Kier alpha value is -3.25. The third-order valence-corrected chi connectivity index (χ3v) is 8.10.